The maximum atomic E-state index is 13.1. The summed E-state index contributed by atoms with van der Waals surface area (Å²) in [7, 11) is 1.66. The first-order chi connectivity index (χ1) is 18.4. The number of unbranched alkanes of at least 4 members (excludes halogenated alkanes) is 1. The Kier molecular flexibility index (Phi) is 9.48. The summed E-state index contributed by atoms with van der Waals surface area (Å²) in [5.41, 5.74) is 4.88. The summed E-state index contributed by atoms with van der Waals surface area (Å²) in [6.07, 6.45) is 3.30. The molecule has 0 fully saturated rings. The molecular weight excluding hydrogens is 516 g/mol. The van der Waals surface area contributed by atoms with E-state index in [1.165, 1.54) is 5.56 Å². The summed E-state index contributed by atoms with van der Waals surface area (Å²) >= 11 is 7.96. The van der Waals surface area contributed by atoms with Gasteiger partial charge in [-0.2, -0.15) is 0 Å². The Bertz CT molecular complexity index is 1390. The van der Waals surface area contributed by atoms with E-state index >= 15 is 0 Å². The maximum absolute atomic E-state index is 13.1. The third-order valence-corrected chi connectivity index (χ3v) is 7.58. The number of carbonyl (C=O) groups is 1. The fourth-order valence-corrected chi connectivity index (χ4v) is 5.22. The molecule has 0 bridgehead atoms. The van der Waals surface area contributed by atoms with E-state index in [0.29, 0.717) is 22.2 Å². The third-order valence-electron chi connectivity index (χ3n) is 6.34. The van der Waals surface area contributed by atoms with Crippen LogP contribution in [0.5, 0.6) is 5.75 Å². The number of hydrogen-bond acceptors (Lipinski definition) is 5. The summed E-state index contributed by atoms with van der Waals surface area (Å²) in [6, 6.07) is 21.1. The molecule has 1 atom stereocenters. The highest BCUT2D eigenvalue weighted by atomic mass is 35.5. The fourth-order valence-electron chi connectivity index (χ4n) is 4.16. The number of benzene rings is 3. The highest BCUT2D eigenvalue weighted by Crippen LogP contribution is 2.31. The van der Waals surface area contributed by atoms with Gasteiger partial charge in [0.15, 0.2) is 11.0 Å². The molecule has 1 heterocycles. The molecule has 4 rings (SSSR count). The Morgan fingerprint density at radius 2 is 1.87 bits per heavy atom. The zero-order valence-corrected chi connectivity index (χ0v) is 23.8. The molecule has 1 amide bonds. The second-order valence-corrected chi connectivity index (χ2v) is 10.6. The number of aryl methyl sites for hydroxylation is 2. The van der Waals surface area contributed by atoms with Crippen molar-refractivity contribution in [3.05, 3.63) is 99.8 Å². The van der Waals surface area contributed by atoms with Crippen LogP contribution in [0.2, 0.25) is 5.02 Å². The van der Waals surface area contributed by atoms with E-state index in [2.05, 4.69) is 28.5 Å². The molecule has 1 N–H and O–H groups in total. The lowest BCUT2D eigenvalue weighted by atomic mass is 10.1. The average Bonchev–Trinajstić information content (AvgIpc) is 3.36. The summed E-state index contributed by atoms with van der Waals surface area (Å²) in [4.78, 5) is 13.1. The van der Waals surface area contributed by atoms with Gasteiger partial charge in [0.1, 0.15) is 5.75 Å². The van der Waals surface area contributed by atoms with E-state index in [-0.39, 0.29) is 11.9 Å². The molecule has 0 spiro atoms. The van der Waals surface area contributed by atoms with E-state index in [9.17, 15) is 4.79 Å². The number of rotatable bonds is 11. The van der Waals surface area contributed by atoms with Crippen molar-refractivity contribution in [3.63, 3.8) is 0 Å². The van der Waals surface area contributed by atoms with Gasteiger partial charge in [-0.3, -0.25) is 9.36 Å². The summed E-state index contributed by atoms with van der Waals surface area (Å²) in [5.74, 6) is 1.98. The van der Waals surface area contributed by atoms with Crippen molar-refractivity contribution in [1.29, 1.82) is 0 Å². The molecule has 0 aliphatic heterocycles. The summed E-state index contributed by atoms with van der Waals surface area (Å²) in [6.45, 7) is 6.12. The Hall–Kier alpha value is -3.29. The number of ether oxygens (including phenoxy) is 1. The van der Waals surface area contributed by atoms with Gasteiger partial charge in [-0.1, -0.05) is 67.0 Å². The van der Waals surface area contributed by atoms with Crippen LogP contribution in [0, 0.1) is 6.92 Å². The van der Waals surface area contributed by atoms with Gasteiger partial charge in [0, 0.05) is 16.3 Å². The summed E-state index contributed by atoms with van der Waals surface area (Å²) < 4.78 is 7.36. The van der Waals surface area contributed by atoms with Gasteiger partial charge in [0.05, 0.1) is 18.8 Å². The van der Waals surface area contributed by atoms with Crippen LogP contribution in [0.15, 0.2) is 71.9 Å². The van der Waals surface area contributed by atoms with Gasteiger partial charge < -0.3 is 10.1 Å². The second-order valence-electron chi connectivity index (χ2n) is 9.24. The van der Waals surface area contributed by atoms with Gasteiger partial charge in [-0.25, -0.2) is 0 Å². The number of hydrogen-bond donors (Lipinski definition) is 1. The van der Waals surface area contributed by atoms with E-state index in [1.54, 1.807) is 18.9 Å². The van der Waals surface area contributed by atoms with Crippen LogP contribution in [-0.4, -0.2) is 27.8 Å². The number of amides is 1. The van der Waals surface area contributed by atoms with Crippen LogP contribution >= 0.6 is 23.4 Å². The molecule has 8 heteroatoms. The van der Waals surface area contributed by atoms with Crippen LogP contribution in [0.4, 0.5) is 0 Å². The minimum Gasteiger partial charge on any atom is -0.497 e. The third kappa shape index (κ3) is 6.77. The molecule has 0 aliphatic carbocycles. The van der Waals surface area contributed by atoms with E-state index in [0.717, 1.165) is 47.0 Å². The van der Waals surface area contributed by atoms with Crippen molar-refractivity contribution in [2.75, 3.05) is 7.11 Å². The van der Waals surface area contributed by atoms with Crippen LogP contribution in [0.3, 0.4) is 0 Å². The molecule has 198 valence electrons. The minimum absolute atomic E-state index is 0.150. The molecule has 38 heavy (non-hydrogen) atoms. The fraction of sp³-hybridized carbons (Fsp3) is 0.300. The van der Waals surface area contributed by atoms with Gasteiger partial charge in [0.2, 0.25) is 0 Å². The van der Waals surface area contributed by atoms with Crippen LogP contribution < -0.4 is 10.1 Å². The molecule has 1 aromatic heterocycles. The lowest BCUT2D eigenvalue weighted by Crippen LogP contribution is -2.28. The first-order valence-corrected chi connectivity index (χ1v) is 14.1. The van der Waals surface area contributed by atoms with Crippen molar-refractivity contribution < 1.29 is 9.53 Å². The number of carbonyl (C=O) groups excluding carboxylic acids is 1. The standard InChI is InChI=1S/C30H33ClN4O2S/c1-5-6-8-22-12-14-24(15-13-22)29(36)32-21(3)28-33-34-30(35(28)27-18-25(31)16-11-20(27)2)38-19-23-9-7-10-26(17-23)37-4/h7,9-18,21H,5-6,8,19H2,1-4H3,(H,32,36). The number of methoxy groups -OCH3 is 1. The van der Waals surface area contributed by atoms with E-state index in [1.807, 2.05) is 79.1 Å². The van der Waals surface area contributed by atoms with Crippen LogP contribution in [0.25, 0.3) is 5.69 Å². The summed E-state index contributed by atoms with van der Waals surface area (Å²) in [5, 5.41) is 13.5. The Balaban J connectivity index is 1.60. The minimum atomic E-state index is -0.390. The first kappa shape index (κ1) is 27.7. The SMILES string of the molecule is CCCCc1ccc(C(=O)NC(C)c2nnc(SCc3cccc(OC)c3)n2-c2cc(Cl)ccc2C)cc1. The predicted octanol–water partition coefficient (Wildman–Crippen LogP) is 7.36. The smallest absolute Gasteiger partial charge is 0.251 e. The van der Waals surface area contributed by atoms with E-state index in [4.69, 9.17) is 16.3 Å². The van der Waals surface area contributed by atoms with Crippen molar-refractivity contribution in [2.24, 2.45) is 0 Å². The molecule has 0 aliphatic rings. The molecule has 3 aromatic carbocycles. The van der Waals surface area contributed by atoms with Crippen molar-refractivity contribution in [3.8, 4) is 11.4 Å². The number of halogens is 1. The number of nitrogens with zero attached hydrogens (tertiary/aromatic N) is 3. The number of thioether (sulfide) groups is 1. The van der Waals surface area contributed by atoms with Gasteiger partial charge in [-0.15, -0.1) is 10.2 Å². The molecule has 1 unspecified atom stereocenters. The van der Waals surface area contributed by atoms with Crippen LogP contribution in [0.1, 0.15) is 65.6 Å². The van der Waals surface area contributed by atoms with Crippen molar-refractivity contribution in [1.82, 2.24) is 20.1 Å². The number of nitrogens with one attached hydrogen (secondary N) is 1. The number of aromatic nitrogens is 3. The quantitative estimate of drug-likeness (QED) is 0.198. The van der Waals surface area contributed by atoms with Crippen LogP contribution in [-0.2, 0) is 12.2 Å². The average molecular weight is 549 g/mol. The largest absolute Gasteiger partial charge is 0.497 e. The molecule has 0 radical (unpaired) electrons. The Labute approximate surface area is 233 Å². The van der Waals surface area contributed by atoms with Gasteiger partial charge >= 0.3 is 0 Å². The maximum Gasteiger partial charge on any atom is 0.251 e. The highest BCUT2D eigenvalue weighted by molar-refractivity contribution is 7.98. The first-order valence-electron chi connectivity index (χ1n) is 12.8. The van der Waals surface area contributed by atoms with Gasteiger partial charge in [-0.05, 0) is 79.8 Å². The molecule has 0 saturated carbocycles. The normalized spacial score (nSPS) is 11.8. The van der Waals surface area contributed by atoms with Crippen molar-refractivity contribution >= 4 is 29.3 Å². The van der Waals surface area contributed by atoms with E-state index < -0.39 is 0 Å². The van der Waals surface area contributed by atoms with Crippen molar-refractivity contribution in [2.45, 2.75) is 57.0 Å². The monoisotopic (exact) mass is 548 g/mol. The molecule has 4 aromatic rings. The Morgan fingerprint density at radius 3 is 2.61 bits per heavy atom. The lowest BCUT2D eigenvalue weighted by Gasteiger charge is -2.18. The van der Waals surface area contributed by atoms with Gasteiger partial charge in [0.25, 0.3) is 5.91 Å². The molecule has 6 nitrogen and oxygen atoms in total. The Morgan fingerprint density at radius 1 is 1.08 bits per heavy atom. The highest BCUT2D eigenvalue weighted by Gasteiger charge is 2.23. The topological polar surface area (TPSA) is 69.0 Å². The second kappa shape index (κ2) is 13.0. The zero-order chi connectivity index (χ0) is 27.1. The lowest BCUT2D eigenvalue weighted by molar-refractivity contribution is 0.0938. The predicted molar refractivity (Wildman–Crippen MR) is 155 cm³/mol. The zero-order valence-electron chi connectivity index (χ0n) is 22.2. The molecular formula is C30H33ClN4O2S. The molecule has 0 saturated heterocycles.